The average molecular weight is 756 g/mol. The maximum atomic E-state index is 14.4. The Balaban J connectivity index is 1.41. The number of hydrogen-bond acceptors (Lipinski definition) is 9. The number of aryl methyl sites for hydroxylation is 1. The molecule has 5 rings (SSSR count). The van der Waals surface area contributed by atoms with Crippen molar-refractivity contribution in [3.8, 4) is 5.75 Å². The van der Waals surface area contributed by atoms with Gasteiger partial charge >= 0.3 is 12.0 Å². The highest BCUT2D eigenvalue weighted by atomic mass is 16.9. The average Bonchev–Trinajstić information content (AvgIpc) is 3.30. The minimum atomic E-state index is -1.25. The van der Waals surface area contributed by atoms with Crippen molar-refractivity contribution in [1.82, 2.24) is 30.4 Å². The van der Waals surface area contributed by atoms with Gasteiger partial charge in [-0.05, 0) is 66.6 Å². The van der Waals surface area contributed by atoms with Gasteiger partial charge in [-0.2, -0.15) is 0 Å². The number of esters is 1. The van der Waals surface area contributed by atoms with E-state index in [1.165, 1.54) is 12.1 Å². The molecule has 2 aromatic heterocycles. The molecule has 1 saturated heterocycles. The highest BCUT2D eigenvalue weighted by molar-refractivity contribution is 5.94. The molecule has 15 nitrogen and oxygen atoms in total. The predicted molar refractivity (Wildman–Crippen MR) is 204 cm³/mol. The highest BCUT2D eigenvalue weighted by Gasteiger charge is 2.33. The van der Waals surface area contributed by atoms with Crippen LogP contribution in [0.25, 0.3) is 10.9 Å². The SMILES string of the molecule is CC(C)CC(NC(=O)N1CCCCCC1)C(=O)NC(Cc1cn(C)c2ccccc12)C(=O)NC(Cc1ccccn1)C(=O)Oc1cccc(CO[N+](=O)[O-])c1. The summed E-state index contributed by atoms with van der Waals surface area (Å²) in [6.07, 6.45) is 7.74. The molecule has 3 atom stereocenters. The van der Waals surface area contributed by atoms with Gasteiger partial charge in [-0.3, -0.25) is 14.6 Å². The molecule has 0 radical (unpaired) electrons. The molecule has 2 aromatic carbocycles. The highest BCUT2D eigenvalue weighted by Crippen LogP contribution is 2.22. The summed E-state index contributed by atoms with van der Waals surface area (Å²) in [6.45, 7) is 4.78. The van der Waals surface area contributed by atoms with Crippen LogP contribution in [0.1, 0.15) is 62.8 Å². The zero-order chi connectivity index (χ0) is 39.3. The molecular weight excluding hydrogens is 706 g/mol. The molecule has 292 valence electrons. The van der Waals surface area contributed by atoms with Gasteiger partial charge in [0.15, 0.2) is 0 Å². The Hall–Kier alpha value is -5.99. The number of urea groups is 1. The Morgan fingerprint density at radius 2 is 1.56 bits per heavy atom. The van der Waals surface area contributed by atoms with Crippen molar-refractivity contribution >= 4 is 34.7 Å². The molecule has 0 aliphatic carbocycles. The predicted octanol–water partition coefficient (Wildman–Crippen LogP) is 4.64. The van der Waals surface area contributed by atoms with Crippen LogP contribution in [0.5, 0.6) is 5.75 Å². The number of ether oxygens (including phenoxy) is 1. The molecule has 1 aliphatic rings. The van der Waals surface area contributed by atoms with Crippen LogP contribution in [-0.4, -0.2) is 74.6 Å². The Labute approximate surface area is 319 Å². The van der Waals surface area contributed by atoms with Crippen LogP contribution in [-0.2, 0) is 45.7 Å². The Kier molecular flexibility index (Phi) is 14.2. The lowest BCUT2D eigenvalue weighted by Crippen LogP contribution is -2.58. The largest absolute Gasteiger partial charge is 0.425 e. The number of carbonyl (C=O) groups is 4. The van der Waals surface area contributed by atoms with Gasteiger partial charge in [0.25, 0.3) is 5.09 Å². The summed E-state index contributed by atoms with van der Waals surface area (Å²) in [4.78, 5) is 77.0. The molecule has 1 aliphatic heterocycles. The van der Waals surface area contributed by atoms with E-state index in [0.717, 1.165) is 42.1 Å². The molecule has 3 unspecified atom stereocenters. The second-order valence-electron chi connectivity index (χ2n) is 14.2. The summed E-state index contributed by atoms with van der Waals surface area (Å²) >= 11 is 0. The Morgan fingerprint density at radius 3 is 2.27 bits per heavy atom. The molecule has 0 spiro atoms. The van der Waals surface area contributed by atoms with Gasteiger partial charge in [0, 0.05) is 62.0 Å². The van der Waals surface area contributed by atoms with Crippen molar-refractivity contribution in [2.24, 2.45) is 13.0 Å². The van der Waals surface area contributed by atoms with E-state index in [-0.39, 0.29) is 37.1 Å². The quantitative estimate of drug-likeness (QED) is 0.0634. The van der Waals surface area contributed by atoms with Crippen LogP contribution in [0.15, 0.2) is 79.1 Å². The summed E-state index contributed by atoms with van der Waals surface area (Å²) < 4.78 is 7.62. The van der Waals surface area contributed by atoms with E-state index in [9.17, 15) is 29.3 Å². The minimum Gasteiger partial charge on any atom is -0.425 e. The third kappa shape index (κ3) is 11.7. The van der Waals surface area contributed by atoms with Crippen LogP contribution in [0, 0.1) is 16.0 Å². The van der Waals surface area contributed by atoms with Crippen molar-refractivity contribution in [1.29, 1.82) is 0 Å². The zero-order valence-electron chi connectivity index (χ0n) is 31.4. The van der Waals surface area contributed by atoms with Gasteiger partial charge in [0.05, 0.1) is 0 Å². The fourth-order valence-corrected chi connectivity index (χ4v) is 6.71. The Bertz CT molecular complexity index is 1940. The minimum absolute atomic E-state index is 0.0354. The molecule has 0 saturated carbocycles. The topological polar surface area (TPSA) is 187 Å². The van der Waals surface area contributed by atoms with Crippen LogP contribution >= 0.6 is 0 Å². The maximum Gasteiger partial charge on any atom is 0.334 e. The van der Waals surface area contributed by atoms with Crippen molar-refractivity contribution in [2.45, 2.75) is 83.5 Å². The van der Waals surface area contributed by atoms with Crippen molar-refractivity contribution in [3.05, 3.63) is 106 Å². The van der Waals surface area contributed by atoms with Gasteiger partial charge in [-0.25, -0.2) is 9.59 Å². The number of benzene rings is 2. The summed E-state index contributed by atoms with van der Waals surface area (Å²) in [5, 5.41) is 19.4. The van der Waals surface area contributed by atoms with Gasteiger partial charge in [0.1, 0.15) is 30.5 Å². The van der Waals surface area contributed by atoms with Crippen molar-refractivity contribution in [3.63, 3.8) is 0 Å². The number of rotatable bonds is 16. The zero-order valence-corrected chi connectivity index (χ0v) is 31.4. The fourth-order valence-electron chi connectivity index (χ4n) is 6.71. The van der Waals surface area contributed by atoms with Crippen LogP contribution < -0.4 is 20.7 Å². The molecule has 4 amide bonds. The summed E-state index contributed by atoms with van der Waals surface area (Å²) in [7, 11) is 1.90. The molecular formula is C40H49N7O8. The standard InChI is InChI=1S/C40H49N7O8/c1-27(2)21-33(44-40(51)46-19-10-4-5-11-20-46)37(48)42-34(23-29-25-45(3)36-17-7-6-16-32(29)36)38(49)43-35(24-30-14-8-9-18-41-30)39(50)55-31-15-12-13-28(22-31)26-54-47(52)53/h6-9,12-18,22,25,27,33-35H,4-5,10-11,19-21,23-24,26H2,1-3H3,(H,42,48)(H,43,49)(H,44,51). The van der Waals surface area contributed by atoms with Crippen molar-refractivity contribution in [2.75, 3.05) is 13.1 Å². The lowest BCUT2D eigenvalue weighted by molar-refractivity contribution is -0.763. The van der Waals surface area contributed by atoms with E-state index in [2.05, 4.69) is 25.8 Å². The van der Waals surface area contributed by atoms with E-state index in [4.69, 9.17) is 4.74 Å². The second kappa shape index (κ2) is 19.4. The number of amides is 4. The first-order valence-electron chi connectivity index (χ1n) is 18.6. The number of aromatic nitrogens is 2. The number of nitrogens with one attached hydrogen (secondary N) is 3. The molecule has 3 N–H and O–H groups in total. The fraction of sp³-hybridized carbons (Fsp3) is 0.425. The number of likely N-dealkylation sites (tertiary alicyclic amines) is 1. The van der Waals surface area contributed by atoms with Crippen LogP contribution in [0.2, 0.25) is 0 Å². The number of pyridine rings is 1. The molecule has 1 fully saturated rings. The van der Waals surface area contributed by atoms with Gasteiger partial charge in [0.2, 0.25) is 11.8 Å². The third-order valence-electron chi connectivity index (χ3n) is 9.45. The second-order valence-corrected chi connectivity index (χ2v) is 14.2. The van der Waals surface area contributed by atoms with E-state index in [1.54, 1.807) is 41.4 Å². The summed E-state index contributed by atoms with van der Waals surface area (Å²) in [5.41, 5.74) is 2.63. The van der Waals surface area contributed by atoms with E-state index in [0.29, 0.717) is 30.8 Å². The number of para-hydroxylation sites is 1. The van der Waals surface area contributed by atoms with Crippen LogP contribution in [0.4, 0.5) is 4.79 Å². The molecule has 4 aromatic rings. The number of fused-ring (bicyclic) bond motifs is 1. The van der Waals surface area contributed by atoms with Gasteiger partial charge in [-0.1, -0.05) is 63.1 Å². The van der Waals surface area contributed by atoms with Crippen LogP contribution in [0.3, 0.4) is 0 Å². The summed E-state index contributed by atoms with van der Waals surface area (Å²) in [5.74, 6) is -1.84. The lowest BCUT2D eigenvalue weighted by Gasteiger charge is -2.28. The summed E-state index contributed by atoms with van der Waals surface area (Å²) in [6, 6.07) is 15.3. The first kappa shape index (κ1) is 40.2. The number of carbonyl (C=O) groups excluding carboxylic acids is 4. The Morgan fingerprint density at radius 1 is 0.855 bits per heavy atom. The molecule has 55 heavy (non-hydrogen) atoms. The monoisotopic (exact) mass is 755 g/mol. The van der Waals surface area contributed by atoms with Gasteiger partial charge < -0.3 is 35.0 Å². The van der Waals surface area contributed by atoms with Crippen molar-refractivity contribution < 1.29 is 33.8 Å². The lowest BCUT2D eigenvalue weighted by atomic mass is 10.0. The first-order valence-corrected chi connectivity index (χ1v) is 18.6. The van der Waals surface area contributed by atoms with E-state index >= 15 is 0 Å². The van der Waals surface area contributed by atoms with E-state index in [1.807, 2.05) is 55.9 Å². The first-order chi connectivity index (χ1) is 26.5. The molecule has 15 heteroatoms. The molecule has 0 bridgehead atoms. The maximum absolute atomic E-state index is 14.4. The van der Waals surface area contributed by atoms with E-state index < -0.39 is 41.0 Å². The normalized spacial score (nSPS) is 14.7. The third-order valence-corrected chi connectivity index (χ3v) is 9.45. The number of nitrogens with zero attached hydrogens (tertiary/aromatic N) is 4. The molecule has 3 heterocycles. The smallest absolute Gasteiger partial charge is 0.334 e. The van der Waals surface area contributed by atoms with Gasteiger partial charge in [-0.15, -0.1) is 10.1 Å². The number of hydrogen-bond donors (Lipinski definition) is 3.